The lowest BCUT2D eigenvalue weighted by molar-refractivity contribution is 0.242. The second-order valence-electron chi connectivity index (χ2n) is 7.15. The van der Waals surface area contributed by atoms with Gasteiger partial charge in [-0.1, -0.05) is 39.0 Å². The van der Waals surface area contributed by atoms with Gasteiger partial charge in [0.25, 0.3) is 0 Å². The van der Waals surface area contributed by atoms with Gasteiger partial charge in [-0.2, -0.15) is 5.26 Å². The molecule has 118 valence electrons. The zero-order valence-electron chi connectivity index (χ0n) is 14.0. The molecular formula is C19H22N4. The Morgan fingerprint density at radius 2 is 2.04 bits per heavy atom. The van der Waals surface area contributed by atoms with Crippen LogP contribution in [0.3, 0.4) is 0 Å². The Labute approximate surface area is 137 Å². The molecule has 0 atom stereocenters. The molecule has 0 aliphatic carbocycles. The molecule has 1 aromatic heterocycles. The predicted molar refractivity (Wildman–Crippen MR) is 89.7 cm³/mol. The minimum absolute atomic E-state index is 0.0160. The van der Waals surface area contributed by atoms with Gasteiger partial charge in [-0.3, -0.25) is 4.90 Å². The Hall–Kier alpha value is -2.25. The summed E-state index contributed by atoms with van der Waals surface area (Å²) in [7, 11) is 0. The lowest BCUT2D eigenvalue weighted by atomic mass is 9.95. The van der Waals surface area contributed by atoms with E-state index in [-0.39, 0.29) is 5.41 Å². The van der Waals surface area contributed by atoms with Crippen molar-refractivity contribution < 1.29 is 0 Å². The highest BCUT2D eigenvalue weighted by Gasteiger charge is 2.23. The maximum atomic E-state index is 9.22. The van der Waals surface area contributed by atoms with E-state index >= 15 is 0 Å². The van der Waals surface area contributed by atoms with Crippen LogP contribution in [0.25, 0.3) is 0 Å². The van der Waals surface area contributed by atoms with Crippen LogP contribution in [0.4, 0.5) is 0 Å². The van der Waals surface area contributed by atoms with Crippen molar-refractivity contribution in [3.05, 3.63) is 58.7 Å². The average Bonchev–Trinajstić information content (AvgIpc) is 2.54. The average molecular weight is 306 g/mol. The highest BCUT2D eigenvalue weighted by atomic mass is 15.1. The van der Waals surface area contributed by atoms with Crippen molar-refractivity contribution in [2.24, 2.45) is 0 Å². The third-order valence-corrected chi connectivity index (χ3v) is 4.22. The minimum atomic E-state index is -0.0160. The second-order valence-corrected chi connectivity index (χ2v) is 7.15. The number of rotatable bonds is 2. The summed E-state index contributed by atoms with van der Waals surface area (Å²) in [4.78, 5) is 11.7. The van der Waals surface area contributed by atoms with Crippen LogP contribution in [0.1, 0.15) is 49.0 Å². The quantitative estimate of drug-likeness (QED) is 0.855. The fraction of sp³-hybridized carbons (Fsp3) is 0.421. The molecule has 0 amide bonds. The first-order valence-electron chi connectivity index (χ1n) is 8.03. The third-order valence-electron chi connectivity index (χ3n) is 4.22. The molecule has 23 heavy (non-hydrogen) atoms. The number of fused-ring (bicyclic) bond motifs is 1. The summed E-state index contributed by atoms with van der Waals surface area (Å²) in [6.45, 7) is 9.03. The van der Waals surface area contributed by atoms with E-state index in [2.05, 4.69) is 36.7 Å². The molecule has 0 unspecified atom stereocenters. The Bertz CT molecular complexity index is 753. The zero-order valence-corrected chi connectivity index (χ0v) is 14.0. The largest absolute Gasteiger partial charge is 0.294 e. The van der Waals surface area contributed by atoms with Crippen molar-refractivity contribution in [2.75, 3.05) is 6.54 Å². The van der Waals surface area contributed by atoms with Crippen LogP contribution in [0.2, 0.25) is 0 Å². The van der Waals surface area contributed by atoms with E-state index in [1.165, 1.54) is 11.3 Å². The number of nitriles is 1. The zero-order chi connectivity index (χ0) is 16.4. The molecule has 2 heterocycles. The normalized spacial score (nSPS) is 15.0. The van der Waals surface area contributed by atoms with E-state index in [4.69, 9.17) is 4.98 Å². The fourth-order valence-corrected chi connectivity index (χ4v) is 2.88. The second kappa shape index (κ2) is 6.10. The van der Waals surface area contributed by atoms with E-state index in [1.807, 2.05) is 30.5 Å². The van der Waals surface area contributed by atoms with Gasteiger partial charge in [-0.05, 0) is 11.6 Å². The molecule has 0 spiro atoms. The van der Waals surface area contributed by atoms with E-state index in [0.717, 1.165) is 43.0 Å². The molecule has 4 heteroatoms. The van der Waals surface area contributed by atoms with Gasteiger partial charge in [0.2, 0.25) is 0 Å². The van der Waals surface area contributed by atoms with Crippen molar-refractivity contribution in [3.8, 4) is 6.07 Å². The monoisotopic (exact) mass is 306 g/mol. The number of aromatic nitrogens is 2. The molecule has 3 rings (SSSR count). The van der Waals surface area contributed by atoms with Crippen LogP contribution >= 0.6 is 0 Å². The summed E-state index contributed by atoms with van der Waals surface area (Å²) >= 11 is 0. The summed E-state index contributed by atoms with van der Waals surface area (Å²) in [6, 6.07) is 10.1. The molecule has 1 aliphatic heterocycles. The Kier molecular flexibility index (Phi) is 4.14. The molecule has 1 aliphatic rings. The van der Waals surface area contributed by atoms with Crippen LogP contribution in [0.5, 0.6) is 0 Å². The van der Waals surface area contributed by atoms with Gasteiger partial charge in [0.1, 0.15) is 5.82 Å². The Balaban J connectivity index is 1.77. The first-order chi connectivity index (χ1) is 11.0. The Morgan fingerprint density at radius 1 is 1.26 bits per heavy atom. The van der Waals surface area contributed by atoms with Crippen molar-refractivity contribution in [1.82, 2.24) is 14.9 Å². The van der Waals surface area contributed by atoms with Crippen molar-refractivity contribution in [2.45, 2.75) is 45.7 Å². The summed E-state index contributed by atoms with van der Waals surface area (Å²) < 4.78 is 0. The lowest BCUT2D eigenvalue weighted by Crippen LogP contribution is -2.32. The molecule has 0 N–H and O–H groups in total. The number of benzene rings is 1. The smallest absolute Gasteiger partial charge is 0.133 e. The standard InChI is InChI=1S/C19H22N4/c1-19(2,3)18-21-11-16-13-23(9-8-17(16)22-18)12-15-7-5-4-6-14(15)10-20/h4-7,11H,8-9,12-13H2,1-3H3. The first kappa shape index (κ1) is 15.6. The molecule has 0 saturated heterocycles. The number of nitrogens with zero attached hydrogens (tertiary/aromatic N) is 4. The number of hydrogen-bond donors (Lipinski definition) is 0. The van der Waals surface area contributed by atoms with Crippen LogP contribution in [-0.2, 0) is 24.9 Å². The van der Waals surface area contributed by atoms with Crippen LogP contribution < -0.4 is 0 Å². The van der Waals surface area contributed by atoms with Crippen LogP contribution in [0.15, 0.2) is 30.5 Å². The molecule has 4 nitrogen and oxygen atoms in total. The third kappa shape index (κ3) is 3.40. The van der Waals surface area contributed by atoms with Crippen molar-refractivity contribution in [3.63, 3.8) is 0 Å². The van der Waals surface area contributed by atoms with Gasteiger partial charge >= 0.3 is 0 Å². The molecule has 0 fully saturated rings. The van der Waals surface area contributed by atoms with Gasteiger partial charge in [-0.25, -0.2) is 9.97 Å². The topological polar surface area (TPSA) is 52.8 Å². The Morgan fingerprint density at radius 3 is 2.78 bits per heavy atom. The summed E-state index contributed by atoms with van der Waals surface area (Å²) in [5.41, 5.74) is 4.22. The SMILES string of the molecule is CC(C)(C)c1ncc2c(n1)CCN(Cc1ccccc1C#N)C2. The maximum absolute atomic E-state index is 9.22. The highest BCUT2D eigenvalue weighted by Crippen LogP contribution is 2.23. The number of hydrogen-bond acceptors (Lipinski definition) is 4. The first-order valence-corrected chi connectivity index (χ1v) is 8.03. The van der Waals surface area contributed by atoms with Crippen LogP contribution in [0, 0.1) is 11.3 Å². The van der Waals surface area contributed by atoms with Crippen molar-refractivity contribution >= 4 is 0 Å². The molecule has 2 aromatic rings. The summed E-state index contributed by atoms with van der Waals surface area (Å²) in [5, 5.41) is 9.22. The maximum Gasteiger partial charge on any atom is 0.133 e. The summed E-state index contributed by atoms with van der Waals surface area (Å²) in [5.74, 6) is 0.916. The van der Waals surface area contributed by atoms with Gasteiger partial charge in [0, 0.05) is 48.9 Å². The summed E-state index contributed by atoms with van der Waals surface area (Å²) in [6.07, 6.45) is 2.92. The van der Waals surface area contributed by atoms with Crippen LogP contribution in [-0.4, -0.2) is 21.4 Å². The predicted octanol–water partition coefficient (Wildman–Crippen LogP) is 3.20. The van der Waals surface area contributed by atoms with E-state index in [1.54, 1.807) is 0 Å². The highest BCUT2D eigenvalue weighted by molar-refractivity contribution is 5.37. The van der Waals surface area contributed by atoms with E-state index in [9.17, 15) is 5.26 Å². The van der Waals surface area contributed by atoms with Gasteiger partial charge in [0.15, 0.2) is 0 Å². The lowest BCUT2D eigenvalue weighted by Gasteiger charge is -2.29. The van der Waals surface area contributed by atoms with Gasteiger partial charge in [0.05, 0.1) is 11.6 Å². The van der Waals surface area contributed by atoms with Gasteiger partial charge in [-0.15, -0.1) is 0 Å². The molecule has 0 radical (unpaired) electrons. The molecule has 1 aromatic carbocycles. The fourth-order valence-electron chi connectivity index (χ4n) is 2.88. The van der Waals surface area contributed by atoms with Gasteiger partial charge < -0.3 is 0 Å². The van der Waals surface area contributed by atoms with E-state index in [0.29, 0.717) is 0 Å². The molecular weight excluding hydrogens is 284 g/mol. The molecule has 0 saturated carbocycles. The minimum Gasteiger partial charge on any atom is -0.294 e. The molecule has 0 bridgehead atoms. The van der Waals surface area contributed by atoms with Crippen molar-refractivity contribution in [1.29, 1.82) is 5.26 Å². The van der Waals surface area contributed by atoms with E-state index < -0.39 is 0 Å².